The number of nitrogens with one attached hydrogen (secondary N) is 1. The number of ether oxygens (including phenoxy) is 6. The molecule has 7 N–H and O–H groups in total. The second-order valence-electron chi connectivity index (χ2n) is 7.64. The summed E-state index contributed by atoms with van der Waals surface area (Å²) in [5, 5.41) is 61.9. The van der Waals surface area contributed by atoms with Gasteiger partial charge < -0.3 is 64.4 Å². The third kappa shape index (κ3) is 6.69. The molecule has 0 bridgehead atoms. The summed E-state index contributed by atoms with van der Waals surface area (Å²) >= 11 is 0. The number of alkyl carbamates (subject to hydrolysis) is 1. The van der Waals surface area contributed by atoms with Gasteiger partial charge in [-0.1, -0.05) is 0 Å². The summed E-state index contributed by atoms with van der Waals surface area (Å²) in [7, 11) is 2.54. The van der Waals surface area contributed by atoms with Gasteiger partial charge in [-0.25, -0.2) is 4.79 Å². The average Bonchev–Trinajstić information content (AvgIpc) is 2.77. The summed E-state index contributed by atoms with van der Waals surface area (Å²) in [5.74, 6) is -1.33. The standard InChI is InChI=1S/C18H31NO14/c1-6(15(25)26)19-18(27)33-14-10(21)8(31-16(29-3)13(14)24)5-30-17-12(23)11(22)9(20)7(32-17)4-28-2/h6-14,16-17,20-24H,4-5H2,1-3H3,(H,19,27)(H,25,26)/t6-,7?,8?,9+,10+,11-,12?,13?,14-,16-,17+/m0/s1. The Hall–Kier alpha value is -1.66. The number of aliphatic hydroxyl groups is 5. The Balaban J connectivity index is 2.05. The first-order valence-corrected chi connectivity index (χ1v) is 10.1. The van der Waals surface area contributed by atoms with Crippen LogP contribution in [0.2, 0.25) is 0 Å². The second kappa shape index (κ2) is 12.2. The normalized spacial score (nSPS) is 40.1. The van der Waals surface area contributed by atoms with Crippen molar-refractivity contribution in [2.24, 2.45) is 0 Å². The van der Waals surface area contributed by atoms with Gasteiger partial charge in [0.2, 0.25) is 0 Å². The van der Waals surface area contributed by atoms with Crippen molar-refractivity contribution < 1.29 is 68.6 Å². The van der Waals surface area contributed by atoms with Gasteiger partial charge in [-0.3, -0.25) is 4.79 Å². The fourth-order valence-corrected chi connectivity index (χ4v) is 3.32. The van der Waals surface area contributed by atoms with E-state index in [-0.39, 0.29) is 6.61 Å². The maximum absolute atomic E-state index is 12.0. The molecular weight excluding hydrogens is 454 g/mol. The molecule has 192 valence electrons. The molecule has 0 aromatic heterocycles. The number of aliphatic hydroxyl groups excluding tert-OH is 5. The molecule has 2 saturated heterocycles. The van der Waals surface area contributed by atoms with Crippen molar-refractivity contribution >= 4 is 12.1 Å². The van der Waals surface area contributed by atoms with E-state index in [1.54, 1.807) is 0 Å². The van der Waals surface area contributed by atoms with Gasteiger partial charge in [0.15, 0.2) is 18.7 Å². The number of carboxylic acid groups (broad SMARTS) is 1. The van der Waals surface area contributed by atoms with Crippen LogP contribution in [0.5, 0.6) is 0 Å². The minimum Gasteiger partial charge on any atom is -0.480 e. The summed E-state index contributed by atoms with van der Waals surface area (Å²) in [6.45, 7) is 0.600. The van der Waals surface area contributed by atoms with E-state index >= 15 is 0 Å². The molecule has 2 rings (SSSR count). The monoisotopic (exact) mass is 485 g/mol. The van der Waals surface area contributed by atoms with E-state index in [4.69, 9.17) is 33.5 Å². The quantitative estimate of drug-likeness (QED) is 0.166. The number of methoxy groups -OCH3 is 2. The highest BCUT2D eigenvalue weighted by molar-refractivity contribution is 5.79. The predicted molar refractivity (Wildman–Crippen MR) is 103 cm³/mol. The number of amides is 1. The van der Waals surface area contributed by atoms with Crippen LogP contribution < -0.4 is 5.32 Å². The number of carbonyl (C=O) groups excluding carboxylic acids is 1. The maximum Gasteiger partial charge on any atom is 0.408 e. The Morgan fingerprint density at radius 1 is 0.879 bits per heavy atom. The Morgan fingerprint density at radius 2 is 1.48 bits per heavy atom. The number of aliphatic carboxylic acids is 1. The summed E-state index contributed by atoms with van der Waals surface area (Å²) in [6.07, 6.45) is -15.9. The Kier molecular flexibility index (Phi) is 10.2. The summed E-state index contributed by atoms with van der Waals surface area (Å²) < 4.78 is 31.1. The molecule has 11 atom stereocenters. The van der Waals surface area contributed by atoms with Gasteiger partial charge in [0.05, 0.1) is 13.2 Å². The van der Waals surface area contributed by atoms with E-state index in [9.17, 15) is 35.1 Å². The molecule has 2 aliphatic rings. The van der Waals surface area contributed by atoms with Gasteiger partial charge in [0.1, 0.15) is 48.8 Å². The number of carboxylic acids is 1. The van der Waals surface area contributed by atoms with Crippen LogP contribution in [0, 0.1) is 0 Å². The van der Waals surface area contributed by atoms with Crippen molar-refractivity contribution in [1.29, 1.82) is 0 Å². The van der Waals surface area contributed by atoms with Crippen LogP contribution in [-0.4, -0.2) is 138 Å². The van der Waals surface area contributed by atoms with Crippen LogP contribution in [0.4, 0.5) is 4.79 Å². The topological polar surface area (TPSA) is 223 Å². The molecule has 2 heterocycles. The number of carbonyl (C=O) groups is 2. The zero-order chi connectivity index (χ0) is 24.9. The average molecular weight is 485 g/mol. The van der Waals surface area contributed by atoms with Gasteiger partial charge in [-0.2, -0.15) is 0 Å². The highest BCUT2D eigenvalue weighted by Gasteiger charge is 2.49. The van der Waals surface area contributed by atoms with E-state index in [2.05, 4.69) is 0 Å². The van der Waals surface area contributed by atoms with Crippen LogP contribution in [0.15, 0.2) is 0 Å². The molecule has 33 heavy (non-hydrogen) atoms. The third-order valence-corrected chi connectivity index (χ3v) is 5.25. The second-order valence-corrected chi connectivity index (χ2v) is 7.64. The third-order valence-electron chi connectivity index (χ3n) is 5.25. The van der Waals surface area contributed by atoms with E-state index in [0.29, 0.717) is 0 Å². The smallest absolute Gasteiger partial charge is 0.408 e. The van der Waals surface area contributed by atoms with E-state index in [1.165, 1.54) is 21.1 Å². The van der Waals surface area contributed by atoms with Gasteiger partial charge in [0.25, 0.3) is 0 Å². The fourth-order valence-electron chi connectivity index (χ4n) is 3.32. The van der Waals surface area contributed by atoms with Gasteiger partial charge in [0, 0.05) is 14.2 Å². The summed E-state index contributed by atoms with van der Waals surface area (Å²) in [6, 6.07) is -1.30. The molecule has 0 aromatic carbocycles. The van der Waals surface area contributed by atoms with E-state index in [0.717, 1.165) is 0 Å². The van der Waals surface area contributed by atoms with Gasteiger partial charge in [-0.05, 0) is 6.92 Å². The molecule has 1 amide bonds. The van der Waals surface area contributed by atoms with Crippen LogP contribution >= 0.6 is 0 Å². The number of rotatable bonds is 9. The van der Waals surface area contributed by atoms with Crippen molar-refractivity contribution in [1.82, 2.24) is 5.32 Å². The predicted octanol–water partition coefficient (Wildman–Crippen LogP) is -3.88. The lowest BCUT2D eigenvalue weighted by Gasteiger charge is -2.43. The summed E-state index contributed by atoms with van der Waals surface area (Å²) in [5.41, 5.74) is 0. The van der Waals surface area contributed by atoms with Crippen molar-refractivity contribution in [3.8, 4) is 0 Å². The van der Waals surface area contributed by atoms with Crippen molar-refractivity contribution in [3.63, 3.8) is 0 Å². The lowest BCUT2D eigenvalue weighted by atomic mass is 9.98. The Labute approximate surface area is 188 Å². The minimum absolute atomic E-state index is 0.106. The van der Waals surface area contributed by atoms with Gasteiger partial charge in [-0.15, -0.1) is 0 Å². The fraction of sp³-hybridized carbons (Fsp3) is 0.889. The largest absolute Gasteiger partial charge is 0.480 e. The Bertz CT molecular complexity index is 652. The highest BCUT2D eigenvalue weighted by Crippen LogP contribution is 2.27. The van der Waals surface area contributed by atoms with Gasteiger partial charge >= 0.3 is 12.1 Å². The van der Waals surface area contributed by atoms with Crippen molar-refractivity contribution in [2.75, 3.05) is 27.4 Å². The minimum atomic E-state index is -1.66. The first-order chi connectivity index (χ1) is 15.5. The zero-order valence-corrected chi connectivity index (χ0v) is 18.2. The number of hydrogen-bond acceptors (Lipinski definition) is 13. The lowest BCUT2D eigenvalue weighted by Crippen LogP contribution is -2.62. The maximum atomic E-state index is 12.0. The zero-order valence-electron chi connectivity index (χ0n) is 18.2. The van der Waals surface area contributed by atoms with Crippen LogP contribution in [0.25, 0.3) is 0 Å². The molecule has 0 aliphatic carbocycles. The molecule has 0 saturated carbocycles. The Morgan fingerprint density at radius 3 is 2.06 bits per heavy atom. The highest BCUT2D eigenvalue weighted by atomic mass is 16.7. The molecule has 2 aliphatic heterocycles. The molecule has 4 unspecified atom stereocenters. The first kappa shape index (κ1) is 27.6. The van der Waals surface area contributed by atoms with Crippen LogP contribution in [0.3, 0.4) is 0 Å². The SMILES string of the molecule is COCC1O[C@@H](OCC2O[C@H](OC)C(O)[C@@H](OC(=O)N[C@@H](C)C(=O)O)[C@@H]2O)C(O)[C@@H](O)[C@@H]1O. The van der Waals surface area contributed by atoms with E-state index < -0.39 is 86.1 Å². The molecule has 2 fully saturated rings. The van der Waals surface area contributed by atoms with Crippen molar-refractivity contribution in [2.45, 2.75) is 74.4 Å². The first-order valence-electron chi connectivity index (χ1n) is 10.1. The molecule has 0 spiro atoms. The van der Waals surface area contributed by atoms with E-state index in [1.807, 2.05) is 5.32 Å². The summed E-state index contributed by atoms with van der Waals surface area (Å²) in [4.78, 5) is 22.9. The molecule has 15 nitrogen and oxygen atoms in total. The molecular formula is C18H31NO14. The molecule has 15 heteroatoms. The van der Waals surface area contributed by atoms with Crippen LogP contribution in [0.1, 0.15) is 6.92 Å². The molecule has 0 radical (unpaired) electrons. The molecule has 0 aromatic rings. The lowest BCUT2D eigenvalue weighted by molar-refractivity contribution is -0.328. The van der Waals surface area contributed by atoms with Crippen molar-refractivity contribution in [3.05, 3.63) is 0 Å². The number of hydrogen-bond donors (Lipinski definition) is 7. The van der Waals surface area contributed by atoms with Crippen LogP contribution in [-0.2, 0) is 33.2 Å².